The van der Waals surface area contributed by atoms with Crippen molar-refractivity contribution in [3.63, 3.8) is 0 Å². The molecule has 1 atom stereocenters. The number of H-pyrrole nitrogens is 1. The van der Waals surface area contributed by atoms with Crippen LogP contribution in [0.25, 0.3) is 0 Å². The van der Waals surface area contributed by atoms with Crippen molar-refractivity contribution in [2.24, 2.45) is 0 Å². The van der Waals surface area contributed by atoms with E-state index in [0.29, 0.717) is 0 Å². The number of aromatic amines is 1. The Bertz CT molecular complexity index is 858. The Hall–Kier alpha value is -2.89. The molecule has 2 aromatic rings. The zero-order valence-corrected chi connectivity index (χ0v) is 14.5. The summed E-state index contributed by atoms with van der Waals surface area (Å²) in [5, 5.41) is 11.8. The van der Waals surface area contributed by atoms with E-state index in [1.807, 2.05) is 30.3 Å². The van der Waals surface area contributed by atoms with Crippen LogP contribution in [0.5, 0.6) is 0 Å². The minimum atomic E-state index is -0.924. The molecule has 1 amide bonds. The van der Waals surface area contributed by atoms with Crippen LogP contribution in [0.15, 0.2) is 41.2 Å². The molecule has 6 nitrogen and oxygen atoms in total. The number of carboxylic acid groups (broad SMARTS) is 1. The Morgan fingerprint density at radius 3 is 2.62 bits per heavy atom. The Balaban J connectivity index is 1.83. The molecule has 0 fully saturated rings. The van der Waals surface area contributed by atoms with Gasteiger partial charge in [0.1, 0.15) is 5.56 Å². The molecule has 1 aromatic heterocycles. The molecule has 0 bridgehead atoms. The summed E-state index contributed by atoms with van der Waals surface area (Å²) in [7, 11) is 0. The molecule has 1 aliphatic rings. The Kier molecular flexibility index (Phi) is 5.51. The lowest BCUT2D eigenvalue weighted by Gasteiger charge is -2.20. The molecule has 0 radical (unpaired) electrons. The number of rotatable bonds is 6. The highest BCUT2D eigenvalue weighted by Crippen LogP contribution is 2.21. The second kappa shape index (κ2) is 7.99. The monoisotopic (exact) mass is 354 g/mol. The number of carboxylic acids is 1. The molecule has 1 aromatic carbocycles. The minimum Gasteiger partial charge on any atom is -0.481 e. The average Bonchev–Trinajstić information content (AvgIpc) is 2.65. The second-order valence-corrected chi connectivity index (χ2v) is 6.59. The molecule has 6 heteroatoms. The van der Waals surface area contributed by atoms with Crippen LogP contribution in [0.3, 0.4) is 0 Å². The van der Waals surface area contributed by atoms with Gasteiger partial charge in [-0.1, -0.05) is 30.3 Å². The first-order valence-corrected chi connectivity index (χ1v) is 8.87. The fourth-order valence-electron chi connectivity index (χ4n) is 3.35. The van der Waals surface area contributed by atoms with E-state index in [-0.39, 0.29) is 18.4 Å². The van der Waals surface area contributed by atoms with Crippen molar-refractivity contribution in [3.8, 4) is 0 Å². The van der Waals surface area contributed by atoms with E-state index in [2.05, 4.69) is 10.3 Å². The summed E-state index contributed by atoms with van der Waals surface area (Å²) in [6.07, 6.45) is 3.96. The number of pyridine rings is 1. The lowest BCUT2D eigenvalue weighted by atomic mass is 9.94. The number of aromatic nitrogens is 1. The normalized spacial score (nSPS) is 14.3. The van der Waals surface area contributed by atoms with Gasteiger partial charge in [0.2, 0.25) is 0 Å². The van der Waals surface area contributed by atoms with Crippen LogP contribution < -0.4 is 10.9 Å². The third-order valence-corrected chi connectivity index (χ3v) is 4.74. The Labute approximate surface area is 151 Å². The van der Waals surface area contributed by atoms with Crippen molar-refractivity contribution < 1.29 is 14.7 Å². The summed E-state index contributed by atoms with van der Waals surface area (Å²) < 4.78 is 0. The van der Waals surface area contributed by atoms with Crippen molar-refractivity contribution in [1.29, 1.82) is 0 Å². The topological polar surface area (TPSA) is 99.3 Å². The summed E-state index contributed by atoms with van der Waals surface area (Å²) >= 11 is 0. The van der Waals surface area contributed by atoms with Gasteiger partial charge in [0, 0.05) is 12.1 Å². The average molecular weight is 354 g/mol. The number of hydrogen-bond acceptors (Lipinski definition) is 3. The maximum atomic E-state index is 12.7. The molecule has 3 rings (SSSR count). The van der Waals surface area contributed by atoms with Crippen LogP contribution in [0.4, 0.5) is 0 Å². The summed E-state index contributed by atoms with van der Waals surface area (Å²) in [6.45, 7) is 0. The smallest absolute Gasteiger partial charge is 0.303 e. The number of hydrogen-bond donors (Lipinski definition) is 3. The highest BCUT2D eigenvalue weighted by atomic mass is 16.4. The number of benzene rings is 1. The van der Waals surface area contributed by atoms with Gasteiger partial charge in [-0.3, -0.25) is 14.4 Å². The molecule has 26 heavy (non-hydrogen) atoms. The third kappa shape index (κ3) is 4.20. The van der Waals surface area contributed by atoms with E-state index in [4.69, 9.17) is 5.11 Å². The maximum Gasteiger partial charge on any atom is 0.303 e. The quantitative estimate of drug-likeness (QED) is 0.742. The summed E-state index contributed by atoms with van der Waals surface area (Å²) in [6, 6.07) is 10.4. The third-order valence-electron chi connectivity index (χ3n) is 4.74. The number of carbonyl (C=O) groups excluding carboxylic acids is 1. The van der Waals surface area contributed by atoms with Gasteiger partial charge in [-0.2, -0.15) is 0 Å². The zero-order chi connectivity index (χ0) is 18.5. The van der Waals surface area contributed by atoms with Crippen LogP contribution in [0.2, 0.25) is 0 Å². The number of amides is 1. The fourth-order valence-corrected chi connectivity index (χ4v) is 3.35. The van der Waals surface area contributed by atoms with E-state index in [9.17, 15) is 14.4 Å². The van der Waals surface area contributed by atoms with Gasteiger partial charge in [0.05, 0.1) is 6.04 Å². The van der Waals surface area contributed by atoms with Gasteiger partial charge in [0.15, 0.2) is 0 Å². The number of aliphatic carboxylic acids is 1. The van der Waals surface area contributed by atoms with E-state index in [0.717, 1.165) is 42.5 Å². The first-order valence-electron chi connectivity index (χ1n) is 8.87. The van der Waals surface area contributed by atoms with Crippen LogP contribution in [0.1, 0.15) is 58.9 Å². The van der Waals surface area contributed by atoms with Gasteiger partial charge in [-0.15, -0.1) is 0 Å². The number of fused-ring (bicyclic) bond motifs is 1. The number of aryl methyl sites for hydroxylation is 2. The van der Waals surface area contributed by atoms with Crippen LogP contribution in [0, 0.1) is 0 Å². The predicted octanol–water partition coefficient (Wildman–Crippen LogP) is 2.59. The van der Waals surface area contributed by atoms with Crippen LogP contribution in [-0.2, 0) is 17.6 Å². The van der Waals surface area contributed by atoms with E-state index in [1.54, 1.807) is 6.07 Å². The fraction of sp³-hybridized carbons (Fsp3) is 0.350. The van der Waals surface area contributed by atoms with Crippen molar-refractivity contribution in [3.05, 3.63) is 69.1 Å². The van der Waals surface area contributed by atoms with Gasteiger partial charge in [-0.25, -0.2) is 0 Å². The molecule has 0 aliphatic heterocycles. The number of carbonyl (C=O) groups is 2. The van der Waals surface area contributed by atoms with Crippen molar-refractivity contribution in [2.45, 2.75) is 44.6 Å². The summed E-state index contributed by atoms with van der Waals surface area (Å²) in [4.78, 5) is 38.8. The highest BCUT2D eigenvalue weighted by molar-refractivity contribution is 5.94. The first-order chi connectivity index (χ1) is 12.5. The highest BCUT2D eigenvalue weighted by Gasteiger charge is 2.21. The second-order valence-electron chi connectivity index (χ2n) is 6.59. The molecule has 0 saturated heterocycles. The molecule has 1 heterocycles. The van der Waals surface area contributed by atoms with Crippen molar-refractivity contribution in [1.82, 2.24) is 10.3 Å². The summed E-state index contributed by atoms with van der Waals surface area (Å²) in [5.41, 5.74) is 2.44. The molecule has 0 spiro atoms. The lowest BCUT2D eigenvalue weighted by molar-refractivity contribution is -0.137. The lowest BCUT2D eigenvalue weighted by Crippen LogP contribution is -2.34. The van der Waals surface area contributed by atoms with Crippen LogP contribution in [-0.4, -0.2) is 22.0 Å². The molecule has 136 valence electrons. The summed E-state index contributed by atoms with van der Waals surface area (Å²) in [5.74, 6) is -1.40. The standard InChI is InChI=1S/C20H22N2O4/c23-18(24)11-10-17(13-6-2-1-3-7-13)22-20(26)15-12-14-8-4-5-9-16(14)21-19(15)25/h1-3,6-7,12,17H,4-5,8-11H2,(H,21,25)(H,22,26)(H,23,24). The molecule has 1 aliphatic carbocycles. The largest absolute Gasteiger partial charge is 0.481 e. The molecule has 1 unspecified atom stereocenters. The zero-order valence-electron chi connectivity index (χ0n) is 14.5. The molecular weight excluding hydrogens is 332 g/mol. The maximum absolute atomic E-state index is 12.7. The van der Waals surface area contributed by atoms with Crippen molar-refractivity contribution in [2.75, 3.05) is 0 Å². The van der Waals surface area contributed by atoms with Gasteiger partial charge < -0.3 is 15.4 Å². The Morgan fingerprint density at radius 1 is 1.15 bits per heavy atom. The molecule has 3 N–H and O–H groups in total. The molecule has 0 saturated carbocycles. The van der Waals surface area contributed by atoms with Crippen molar-refractivity contribution >= 4 is 11.9 Å². The predicted molar refractivity (Wildman–Crippen MR) is 97.2 cm³/mol. The van der Waals surface area contributed by atoms with Crippen LogP contribution >= 0.6 is 0 Å². The number of nitrogens with one attached hydrogen (secondary N) is 2. The Morgan fingerprint density at radius 2 is 1.88 bits per heavy atom. The first kappa shape index (κ1) is 17.9. The van der Waals surface area contributed by atoms with E-state index >= 15 is 0 Å². The van der Waals surface area contributed by atoms with E-state index in [1.165, 1.54) is 0 Å². The van der Waals surface area contributed by atoms with Gasteiger partial charge >= 0.3 is 5.97 Å². The van der Waals surface area contributed by atoms with Gasteiger partial charge in [0.25, 0.3) is 11.5 Å². The van der Waals surface area contributed by atoms with Gasteiger partial charge in [-0.05, 0) is 49.3 Å². The van der Waals surface area contributed by atoms with E-state index < -0.39 is 23.5 Å². The molecular formula is C20H22N2O4. The SMILES string of the molecule is O=C(O)CCC(NC(=O)c1cc2c([nH]c1=O)CCCC2)c1ccccc1. The minimum absolute atomic E-state index is 0.0691.